The highest BCUT2D eigenvalue weighted by atomic mass is 35.5. The first-order valence-corrected chi connectivity index (χ1v) is 8.92. The third-order valence-corrected chi connectivity index (χ3v) is 4.73. The summed E-state index contributed by atoms with van der Waals surface area (Å²) in [6, 6.07) is 10.8. The van der Waals surface area contributed by atoms with Crippen LogP contribution in [0.25, 0.3) is 10.9 Å². The monoisotopic (exact) mass is 419 g/mol. The van der Waals surface area contributed by atoms with E-state index in [9.17, 15) is 14.9 Å². The maximum Gasteiger partial charge on any atom is 0.269 e. The molecule has 0 unspecified atom stereocenters. The number of rotatable bonds is 5. The molecule has 1 amide bonds. The lowest BCUT2D eigenvalue weighted by Crippen LogP contribution is -2.31. The Balaban J connectivity index is 1.81. The molecule has 0 spiro atoms. The van der Waals surface area contributed by atoms with Gasteiger partial charge >= 0.3 is 0 Å². The second-order valence-electron chi connectivity index (χ2n) is 6.03. The number of nitro benzene ring substituents is 1. The van der Waals surface area contributed by atoms with E-state index >= 15 is 0 Å². The number of nitrogens with zero attached hydrogens (tertiary/aromatic N) is 3. The number of likely N-dealkylation sites (N-methyl/N-ethyl adjacent to an activating group) is 1. The molecule has 28 heavy (non-hydrogen) atoms. The molecule has 144 valence electrons. The molecule has 0 N–H and O–H groups in total. The highest BCUT2D eigenvalue weighted by Gasteiger charge is 2.17. The molecule has 0 radical (unpaired) electrons. The number of fused-ring (bicyclic) bond motifs is 1. The molecule has 1 heterocycles. The van der Waals surface area contributed by atoms with Crippen LogP contribution < -0.4 is 9.64 Å². The Labute approximate surface area is 170 Å². The van der Waals surface area contributed by atoms with Crippen molar-refractivity contribution in [3.05, 3.63) is 68.3 Å². The van der Waals surface area contributed by atoms with Gasteiger partial charge in [-0.1, -0.05) is 23.2 Å². The number of aromatic nitrogens is 1. The van der Waals surface area contributed by atoms with E-state index in [4.69, 9.17) is 27.9 Å². The molecule has 0 saturated carbocycles. The molecule has 0 bridgehead atoms. The maximum absolute atomic E-state index is 12.5. The van der Waals surface area contributed by atoms with Crippen LogP contribution in [-0.2, 0) is 4.79 Å². The van der Waals surface area contributed by atoms with Crippen molar-refractivity contribution in [2.45, 2.75) is 6.92 Å². The molecule has 7 nitrogen and oxygen atoms in total. The summed E-state index contributed by atoms with van der Waals surface area (Å²) in [6.07, 6.45) is 0. The number of pyridine rings is 1. The predicted octanol–water partition coefficient (Wildman–Crippen LogP) is 4.80. The SMILES string of the molecule is Cc1ccc2c(Cl)cc(Cl)c(OCC(=O)N(C)c3ccc([N+](=O)[O-])cc3)c2n1. The summed E-state index contributed by atoms with van der Waals surface area (Å²) >= 11 is 12.5. The summed E-state index contributed by atoms with van der Waals surface area (Å²) in [5.74, 6) is -0.0871. The molecule has 0 atom stereocenters. The van der Waals surface area contributed by atoms with Crippen LogP contribution >= 0.6 is 23.2 Å². The molecule has 3 aromatic rings. The number of hydrogen-bond donors (Lipinski definition) is 0. The van der Waals surface area contributed by atoms with E-state index in [0.717, 1.165) is 5.69 Å². The van der Waals surface area contributed by atoms with Gasteiger partial charge in [0.15, 0.2) is 12.4 Å². The summed E-state index contributed by atoms with van der Waals surface area (Å²) in [4.78, 5) is 28.5. The number of nitro groups is 1. The van der Waals surface area contributed by atoms with E-state index in [2.05, 4.69) is 4.98 Å². The van der Waals surface area contributed by atoms with Crippen molar-refractivity contribution in [3.63, 3.8) is 0 Å². The van der Waals surface area contributed by atoms with Gasteiger partial charge in [-0.15, -0.1) is 0 Å². The number of ether oxygens (including phenoxy) is 1. The molecule has 0 aliphatic carbocycles. The molecule has 0 aliphatic rings. The first kappa shape index (κ1) is 19.9. The zero-order chi connectivity index (χ0) is 20.4. The van der Waals surface area contributed by atoms with Gasteiger partial charge in [0.05, 0.1) is 15.0 Å². The average molecular weight is 420 g/mol. The van der Waals surface area contributed by atoms with Crippen LogP contribution in [0.2, 0.25) is 10.0 Å². The van der Waals surface area contributed by atoms with E-state index < -0.39 is 4.92 Å². The van der Waals surface area contributed by atoms with Gasteiger partial charge in [-0.2, -0.15) is 0 Å². The van der Waals surface area contributed by atoms with Crippen LogP contribution in [0.4, 0.5) is 11.4 Å². The van der Waals surface area contributed by atoms with E-state index in [-0.39, 0.29) is 29.0 Å². The van der Waals surface area contributed by atoms with E-state index in [0.29, 0.717) is 21.6 Å². The van der Waals surface area contributed by atoms with Gasteiger partial charge in [0.1, 0.15) is 5.52 Å². The number of amides is 1. The Bertz CT molecular complexity index is 1070. The summed E-state index contributed by atoms with van der Waals surface area (Å²) in [5, 5.41) is 12.1. The van der Waals surface area contributed by atoms with Gasteiger partial charge in [-0.05, 0) is 37.3 Å². The zero-order valence-corrected chi connectivity index (χ0v) is 16.5. The summed E-state index contributed by atoms with van der Waals surface area (Å²) < 4.78 is 5.67. The summed E-state index contributed by atoms with van der Waals surface area (Å²) in [5.41, 5.74) is 1.68. The van der Waals surface area contributed by atoms with Crippen molar-refractivity contribution in [2.24, 2.45) is 0 Å². The number of carbonyl (C=O) groups is 1. The molecule has 3 rings (SSSR count). The highest BCUT2D eigenvalue weighted by Crippen LogP contribution is 2.37. The summed E-state index contributed by atoms with van der Waals surface area (Å²) in [7, 11) is 1.55. The van der Waals surface area contributed by atoms with Gasteiger partial charge in [-0.3, -0.25) is 14.9 Å². The number of non-ortho nitro benzene ring substituents is 1. The highest BCUT2D eigenvalue weighted by molar-refractivity contribution is 6.39. The van der Waals surface area contributed by atoms with Crippen molar-refractivity contribution in [1.29, 1.82) is 0 Å². The van der Waals surface area contributed by atoms with Gasteiger partial charge in [0, 0.05) is 35.9 Å². The lowest BCUT2D eigenvalue weighted by atomic mass is 10.2. The lowest BCUT2D eigenvalue weighted by Gasteiger charge is -2.18. The number of hydrogen-bond acceptors (Lipinski definition) is 5. The number of aryl methyl sites for hydroxylation is 1. The van der Waals surface area contributed by atoms with Crippen LogP contribution in [-0.4, -0.2) is 29.5 Å². The van der Waals surface area contributed by atoms with Gasteiger partial charge in [0.25, 0.3) is 11.6 Å². The van der Waals surface area contributed by atoms with Crippen molar-refractivity contribution < 1.29 is 14.5 Å². The van der Waals surface area contributed by atoms with Gasteiger partial charge in [0.2, 0.25) is 0 Å². The molecular weight excluding hydrogens is 405 g/mol. The number of carbonyl (C=O) groups excluding carboxylic acids is 1. The topological polar surface area (TPSA) is 85.6 Å². The van der Waals surface area contributed by atoms with Crippen molar-refractivity contribution in [2.75, 3.05) is 18.6 Å². The normalized spacial score (nSPS) is 10.7. The number of anilines is 1. The van der Waals surface area contributed by atoms with Crippen LogP contribution in [0, 0.1) is 17.0 Å². The first-order chi connectivity index (χ1) is 13.3. The predicted molar refractivity (Wildman–Crippen MR) is 109 cm³/mol. The third kappa shape index (κ3) is 4.00. The standard InChI is InChI=1S/C19H15Cl2N3O4/c1-11-3-8-14-15(20)9-16(21)19(18(14)22-11)28-10-17(25)23(2)12-4-6-13(7-5-12)24(26)27/h3-9H,10H2,1-2H3. The van der Waals surface area contributed by atoms with Crippen molar-refractivity contribution in [1.82, 2.24) is 4.98 Å². The molecule has 0 saturated heterocycles. The van der Waals surface area contributed by atoms with Crippen LogP contribution in [0.3, 0.4) is 0 Å². The van der Waals surface area contributed by atoms with Crippen molar-refractivity contribution in [3.8, 4) is 5.75 Å². The van der Waals surface area contributed by atoms with E-state index in [1.54, 1.807) is 13.1 Å². The fraction of sp³-hybridized carbons (Fsp3) is 0.158. The molecule has 1 aromatic heterocycles. The second kappa shape index (κ2) is 8.00. The number of benzene rings is 2. The maximum atomic E-state index is 12.5. The third-order valence-electron chi connectivity index (χ3n) is 4.14. The lowest BCUT2D eigenvalue weighted by molar-refractivity contribution is -0.384. The minimum atomic E-state index is -0.503. The van der Waals surface area contributed by atoms with Crippen LogP contribution in [0.1, 0.15) is 5.69 Å². The second-order valence-corrected chi connectivity index (χ2v) is 6.85. The van der Waals surface area contributed by atoms with Gasteiger partial charge < -0.3 is 9.64 Å². The Morgan fingerprint density at radius 3 is 2.50 bits per heavy atom. The fourth-order valence-corrected chi connectivity index (χ4v) is 3.17. The molecular formula is C19H15Cl2N3O4. The van der Waals surface area contributed by atoms with Gasteiger partial charge in [-0.25, -0.2) is 4.98 Å². The minimum Gasteiger partial charge on any atom is -0.480 e. The Morgan fingerprint density at radius 1 is 1.18 bits per heavy atom. The smallest absolute Gasteiger partial charge is 0.269 e. The average Bonchev–Trinajstić information content (AvgIpc) is 2.66. The quantitative estimate of drug-likeness (QED) is 0.437. The fourth-order valence-electron chi connectivity index (χ4n) is 2.60. The number of halogens is 2. The van der Waals surface area contributed by atoms with E-state index in [1.165, 1.54) is 29.2 Å². The Morgan fingerprint density at radius 2 is 1.86 bits per heavy atom. The molecule has 0 fully saturated rings. The Kier molecular flexibility index (Phi) is 5.67. The van der Waals surface area contributed by atoms with E-state index in [1.807, 2.05) is 19.1 Å². The van der Waals surface area contributed by atoms with Crippen LogP contribution in [0.15, 0.2) is 42.5 Å². The van der Waals surface area contributed by atoms with Crippen molar-refractivity contribution >= 4 is 51.4 Å². The van der Waals surface area contributed by atoms with Crippen LogP contribution in [0.5, 0.6) is 5.75 Å². The molecule has 0 aliphatic heterocycles. The summed E-state index contributed by atoms with van der Waals surface area (Å²) in [6.45, 7) is 1.53. The molecule has 9 heteroatoms. The minimum absolute atomic E-state index is 0.0540. The Hall–Kier alpha value is -2.90. The zero-order valence-electron chi connectivity index (χ0n) is 15.0. The first-order valence-electron chi connectivity index (χ1n) is 8.17. The molecule has 2 aromatic carbocycles. The largest absolute Gasteiger partial charge is 0.480 e.